The third-order valence-electron chi connectivity index (χ3n) is 2.90. The van der Waals surface area contributed by atoms with Crippen LogP contribution in [0.3, 0.4) is 0 Å². The van der Waals surface area contributed by atoms with Gasteiger partial charge in [-0.25, -0.2) is 8.78 Å². The molecule has 0 aliphatic heterocycles. The third kappa shape index (κ3) is 2.89. The van der Waals surface area contributed by atoms with E-state index in [2.05, 4.69) is 10.1 Å². The first-order chi connectivity index (χ1) is 10.1. The molecule has 0 saturated heterocycles. The highest BCUT2D eigenvalue weighted by Gasteiger charge is 2.14. The van der Waals surface area contributed by atoms with Gasteiger partial charge in [-0.05, 0) is 29.8 Å². The number of benzene rings is 2. The Labute approximate surface area is 118 Å². The molecule has 0 aliphatic carbocycles. The van der Waals surface area contributed by atoms with E-state index in [1.165, 1.54) is 24.3 Å². The highest BCUT2D eigenvalue weighted by molar-refractivity contribution is 5.55. The Kier molecular flexibility index (Phi) is 3.35. The second kappa shape index (κ2) is 5.32. The zero-order valence-corrected chi connectivity index (χ0v) is 10.8. The standard InChI is InChI=1S/C15H10F2N2O2/c16-10-3-1-2-9(6-10)7-14-18-15(21-19-14)12-5-4-11(20)8-13(12)17/h1-6,8,20H,7H2. The number of hydrogen-bond acceptors (Lipinski definition) is 4. The van der Waals surface area contributed by atoms with Crippen LogP contribution in [0.1, 0.15) is 11.4 Å². The molecule has 3 aromatic rings. The molecular formula is C15H10F2N2O2. The molecule has 0 fully saturated rings. The second-order valence-electron chi connectivity index (χ2n) is 4.49. The lowest BCUT2D eigenvalue weighted by molar-refractivity contribution is 0.421. The van der Waals surface area contributed by atoms with Gasteiger partial charge in [0.2, 0.25) is 0 Å². The summed E-state index contributed by atoms with van der Waals surface area (Å²) in [5.74, 6) is -0.852. The summed E-state index contributed by atoms with van der Waals surface area (Å²) >= 11 is 0. The third-order valence-corrected chi connectivity index (χ3v) is 2.90. The second-order valence-corrected chi connectivity index (χ2v) is 4.49. The molecule has 0 spiro atoms. The molecule has 0 aliphatic rings. The van der Waals surface area contributed by atoms with E-state index in [0.29, 0.717) is 11.4 Å². The highest BCUT2D eigenvalue weighted by Crippen LogP contribution is 2.24. The minimum atomic E-state index is -0.657. The first-order valence-corrected chi connectivity index (χ1v) is 6.18. The molecule has 0 atom stereocenters. The van der Waals surface area contributed by atoms with Crippen molar-refractivity contribution in [1.82, 2.24) is 10.1 Å². The van der Waals surface area contributed by atoms with Crippen molar-refractivity contribution in [3.8, 4) is 17.2 Å². The SMILES string of the molecule is Oc1ccc(-c2nc(Cc3cccc(F)c3)no2)c(F)c1. The smallest absolute Gasteiger partial charge is 0.260 e. The van der Waals surface area contributed by atoms with Crippen molar-refractivity contribution in [2.24, 2.45) is 0 Å². The first kappa shape index (κ1) is 13.2. The van der Waals surface area contributed by atoms with Crippen molar-refractivity contribution in [3.63, 3.8) is 0 Å². The topological polar surface area (TPSA) is 59.2 Å². The summed E-state index contributed by atoms with van der Waals surface area (Å²) in [7, 11) is 0. The molecule has 0 unspecified atom stereocenters. The van der Waals surface area contributed by atoms with Crippen LogP contribution in [0, 0.1) is 11.6 Å². The van der Waals surface area contributed by atoms with Crippen molar-refractivity contribution >= 4 is 0 Å². The van der Waals surface area contributed by atoms with Crippen LogP contribution in [0.15, 0.2) is 47.0 Å². The van der Waals surface area contributed by atoms with Gasteiger partial charge in [0, 0.05) is 12.5 Å². The van der Waals surface area contributed by atoms with Gasteiger partial charge in [-0.3, -0.25) is 0 Å². The zero-order valence-electron chi connectivity index (χ0n) is 10.8. The normalized spacial score (nSPS) is 10.8. The molecule has 0 bridgehead atoms. The number of hydrogen-bond donors (Lipinski definition) is 1. The van der Waals surface area contributed by atoms with Crippen molar-refractivity contribution < 1.29 is 18.4 Å². The Morgan fingerprint density at radius 3 is 2.71 bits per heavy atom. The number of phenols is 1. The van der Waals surface area contributed by atoms with E-state index < -0.39 is 5.82 Å². The Hall–Kier alpha value is -2.76. The van der Waals surface area contributed by atoms with E-state index in [1.807, 2.05) is 0 Å². The molecule has 4 nitrogen and oxygen atoms in total. The number of aromatic hydroxyl groups is 1. The monoisotopic (exact) mass is 288 g/mol. The number of aromatic nitrogens is 2. The lowest BCUT2D eigenvalue weighted by atomic mass is 10.1. The number of rotatable bonds is 3. The van der Waals surface area contributed by atoms with E-state index in [-0.39, 0.29) is 29.4 Å². The minimum Gasteiger partial charge on any atom is -0.508 e. The van der Waals surface area contributed by atoms with Gasteiger partial charge in [-0.1, -0.05) is 17.3 Å². The molecule has 3 rings (SSSR count). The summed E-state index contributed by atoms with van der Waals surface area (Å²) in [6, 6.07) is 9.69. The maximum Gasteiger partial charge on any atom is 0.260 e. The van der Waals surface area contributed by atoms with E-state index >= 15 is 0 Å². The Balaban J connectivity index is 1.86. The number of phenolic OH excluding ortho intramolecular Hbond substituents is 1. The van der Waals surface area contributed by atoms with Gasteiger partial charge in [0.15, 0.2) is 5.82 Å². The maximum atomic E-state index is 13.7. The maximum absolute atomic E-state index is 13.7. The average molecular weight is 288 g/mol. The number of halogens is 2. The first-order valence-electron chi connectivity index (χ1n) is 6.18. The van der Waals surface area contributed by atoms with Gasteiger partial charge < -0.3 is 9.63 Å². The van der Waals surface area contributed by atoms with Crippen molar-refractivity contribution in [2.75, 3.05) is 0 Å². The van der Waals surface area contributed by atoms with Gasteiger partial charge in [0.1, 0.15) is 17.4 Å². The predicted octanol–water partition coefficient (Wildman–Crippen LogP) is 3.31. The summed E-state index contributed by atoms with van der Waals surface area (Å²) in [6.45, 7) is 0. The summed E-state index contributed by atoms with van der Waals surface area (Å²) in [6.07, 6.45) is 0.279. The van der Waals surface area contributed by atoms with E-state index in [4.69, 9.17) is 9.63 Å². The Morgan fingerprint density at radius 2 is 1.95 bits per heavy atom. The largest absolute Gasteiger partial charge is 0.508 e. The fourth-order valence-electron chi connectivity index (χ4n) is 1.94. The van der Waals surface area contributed by atoms with Gasteiger partial charge in [0.25, 0.3) is 5.89 Å². The molecule has 1 aromatic heterocycles. The number of nitrogens with zero attached hydrogens (tertiary/aromatic N) is 2. The summed E-state index contributed by atoms with van der Waals surface area (Å²) < 4.78 is 31.8. The Bertz CT molecular complexity index is 787. The van der Waals surface area contributed by atoms with Crippen molar-refractivity contribution in [3.05, 3.63) is 65.5 Å². The summed E-state index contributed by atoms with van der Waals surface area (Å²) in [4.78, 5) is 4.07. The van der Waals surface area contributed by atoms with E-state index in [1.54, 1.807) is 12.1 Å². The van der Waals surface area contributed by atoms with Crippen LogP contribution < -0.4 is 0 Å². The van der Waals surface area contributed by atoms with E-state index in [9.17, 15) is 8.78 Å². The van der Waals surface area contributed by atoms with Crippen LogP contribution in [-0.2, 0) is 6.42 Å². The predicted molar refractivity (Wildman–Crippen MR) is 70.6 cm³/mol. The van der Waals surface area contributed by atoms with Crippen LogP contribution in [0.4, 0.5) is 8.78 Å². The Morgan fingerprint density at radius 1 is 1.10 bits per heavy atom. The fraction of sp³-hybridized carbons (Fsp3) is 0.0667. The minimum absolute atomic E-state index is 0.0129. The fourth-order valence-corrected chi connectivity index (χ4v) is 1.94. The molecule has 0 saturated carbocycles. The van der Waals surface area contributed by atoms with Crippen molar-refractivity contribution in [1.29, 1.82) is 0 Å². The lowest BCUT2D eigenvalue weighted by Crippen LogP contribution is -1.92. The van der Waals surface area contributed by atoms with Gasteiger partial charge in [0.05, 0.1) is 5.56 Å². The zero-order chi connectivity index (χ0) is 14.8. The van der Waals surface area contributed by atoms with Gasteiger partial charge >= 0.3 is 0 Å². The average Bonchev–Trinajstić information content (AvgIpc) is 2.87. The van der Waals surface area contributed by atoms with Gasteiger partial charge in [-0.2, -0.15) is 4.98 Å². The van der Waals surface area contributed by atoms with E-state index in [0.717, 1.165) is 6.07 Å². The van der Waals surface area contributed by atoms with Crippen LogP contribution >= 0.6 is 0 Å². The lowest BCUT2D eigenvalue weighted by Gasteiger charge is -1.97. The van der Waals surface area contributed by atoms with Crippen LogP contribution in [0.25, 0.3) is 11.5 Å². The molecule has 6 heteroatoms. The van der Waals surface area contributed by atoms with Crippen LogP contribution in [0.5, 0.6) is 5.75 Å². The van der Waals surface area contributed by atoms with Crippen molar-refractivity contribution in [2.45, 2.75) is 6.42 Å². The molecule has 0 amide bonds. The highest BCUT2D eigenvalue weighted by atomic mass is 19.1. The molecule has 106 valence electrons. The summed E-state index contributed by atoms with van der Waals surface area (Å²) in [5.41, 5.74) is 0.791. The summed E-state index contributed by atoms with van der Waals surface area (Å²) in [5, 5.41) is 12.9. The molecule has 0 radical (unpaired) electrons. The van der Waals surface area contributed by atoms with Crippen LogP contribution in [0.2, 0.25) is 0 Å². The molecule has 21 heavy (non-hydrogen) atoms. The molecule has 1 N–H and O–H groups in total. The quantitative estimate of drug-likeness (QED) is 0.803. The van der Waals surface area contributed by atoms with Crippen LogP contribution in [-0.4, -0.2) is 15.2 Å². The molecular weight excluding hydrogens is 278 g/mol. The van der Waals surface area contributed by atoms with Gasteiger partial charge in [-0.15, -0.1) is 0 Å². The molecule has 2 aromatic carbocycles. The molecule has 1 heterocycles.